The van der Waals surface area contributed by atoms with E-state index in [1.807, 2.05) is 24.3 Å². The lowest BCUT2D eigenvalue weighted by molar-refractivity contribution is -0.142. The number of carboxylic acids is 6. The number of hydrogen-bond acceptors (Lipinski definition) is 22. The standard InChI is InChI=1S/C60H98N16O15/c61-20-11-23-70-30-35-75(36-31-70)59-67-57(63-46-16-14-45(15-17-46)38-48-39-73(42-54(85)86)27-26-71(40-52(81)82)24-25-72(41-53(83)84)32-37-76(48)43-55(87)88)66-58(68-59)74-33-28-69(29-34-74)22-10-6-4-2-1-3-5-7-13-50(78)62-21-9-8-12-49(56(89)90)65-60(91)64-47(44-77)18-19-51(79)80/h14-17,44,47-49H,1-13,18-43,61H2,(H,62,78)(H,79,80)(H,81,82)(H,83,84)(H,85,86)(H,87,88)(H,89,90)(H2,64,65,91)(H,63,66,67,68)/t47-,48?,49-/m0/s1. The highest BCUT2D eigenvalue weighted by molar-refractivity contribution is 5.84. The quantitative estimate of drug-likeness (QED) is 0.0322. The predicted octanol–water partition coefficient (Wildman–Crippen LogP) is 0.661. The molecule has 2 aromatic rings. The van der Waals surface area contributed by atoms with Crippen LogP contribution in [-0.2, 0) is 44.8 Å². The molecule has 1 aromatic carbocycles. The van der Waals surface area contributed by atoms with Crippen molar-refractivity contribution in [3.8, 4) is 0 Å². The van der Waals surface area contributed by atoms with E-state index in [1.165, 1.54) is 0 Å². The Hall–Kier alpha value is -7.42. The largest absolute Gasteiger partial charge is 0.481 e. The van der Waals surface area contributed by atoms with E-state index >= 15 is 0 Å². The molecule has 0 spiro atoms. The molecule has 0 radical (unpaired) electrons. The zero-order chi connectivity index (χ0) is 65.9. The van der Waals surface area contributed by atoms with E-state index in [0.717, 1.165) is 129 Å². The lowest BCUT2D eigenvalue weighted by Crippen LogP contribution is -2.53. The number of amides is 3. The Labute approximate surface area is 532 Å². The van der Waals surface area contributed by atoms with Crippen LogP contribution >= 0.6 is 0 Å². The second-order valence-electron chi connectivity index (χ2n) is 23.7. The molecule has 4 heterocycles. The van der Waals surface area contributed by atoms with E-state index in [1.54, 1.807) is 19.6 Å². The Kier molecular flexibility index (Phi) is 33.6. The summed E-state index contributed by atoms with van der Waals surface area (Å²) >= 11 is 0. The number of nitrogens with two attached hydrogens (primary N) is 1. The zero-order valence-electron chi connectivity index (χ0n) is 52.6. The molecule has 1 unspecified atom stereocenters. The Balaban J connectivity index is 1.08. The number of aldehydes is 1. The average Bonchev–Trinajstić information content (AvgIpc) is 1.08. The predicted molar refractivity (Wildman–Crippen MR) is 338 cm³/mol. The Bertz CT molecular complexity index is 2600. The number of nitrogens with one attached hydrogen (secondary N) is 4. The first kappa shape index (κ1) is 74.3. The Morgan fingerprint density at radius 1 is 0.527 bits per heavy atom. The summed E-state index contributed by atoms with van der Waals surface area (Å²) < 4.78 is 0. The number of piperazine rings is 2. The van der Waals surface area contributed by atoms with Gasteiger partial charge in [-0.2, -0.15) is 15.0 Å². The minimum atomic E-state index is -1.25. The van der Waals surface area contributed by atoms with Crippen molar-refractivity contribution >= 4 is 77.6 Å². The third-order valence-corrected chi connectivity index (χ3v) is 16.5. The van der Waals surface area contributed by atoms with Crippen molar-refractivity contribution in [1.29, 1.82) is 0 Å². The number of aromatic nitrogens is 3. The van der Waals surface area contributed by atoms with Crippen LogP contribution in [0.2, 0.25) is 0 Å². The van der Waals surface area contributed by atoms with Gasteiger partial charge >= 0.3 is 41.8 Å². The minimum Gasteiger partial charge on any atom is -0.481 e. The van der Waals surface area contributed by atoms with Gasteiger partial charge in [0.2, 0.25) is 23.8 Å². The van der Waals surface area contributed by atoms with Crippen molar-refractivity contribution < 1.29 is 73.8 Å². The zero-order valence-corrected chi connectivity index (χ0v) is 52.6. The molecule has 0 bridgehead atoms. The van der Waals surface area contributed by atoms with Gasteiger partial charge in [0.1, 0.15) is 12.3 Å². The van der Waals surface area contributed by atoms with Gasteiger partial charge in [-0.1, -0.05) is 50.7 Å². The van der Waals surface area contributed by atoms with Crippen molar-refractivity contribution in [3.63, 3.8) is 0 Å². The number of benzene rings is 1. The van der Waals surface area contributed by atoms with Gasteiger partial charge in [0.05, 0.1) is 32.2 Å². The highest BCUT2D eigenvalue weighted by Crippen LogP contribution is 2.24. The van der Waals surface area contributed by atoms with Crippen molar-refractivity contribution in [2.45, 2.75) is 121 Å². The van der Waals surface area contributed by atoms with Gasteiger partial charge in [-0.25, -0.2) is 9.59 Å². The summed E-state index contributed by atoms with van der Waals surface area (Å²) in [5.41, 5.74) is 7.36. The van der Waals surface area contributed by atoms with E-state index in [-0.39, 0.29) is 97.2 Å². The number of aliphatic carboxylic acids is 6. The lowest BCUT2D eigenvalue weighted by atomic mass is 10.0. The molecular weight excluding hydrogens is 1180 g/mol. The second kappa shape index (κ2) is 41.1. The molecular formula is C60H98N16O15. The van der Waals surface area contributed by atoms with E-state index in [4.69, 9.17) is 25.8 Å². The number of hydrogen-bond donors (Lipinski definition) is 11. The molecule has 0 aliphatic carbocycles. The van der Waals surface area contributed by atoms with Gasteiger partial charge in [0.25, 0.3) is 0 Å². The summed E-state index contributed by atoms with van der Waals surface area (Å²) in [6.07, 6.45) is 11.0. The van der Waals surface area contributed by atoms with E-state index in [0.29, 0.717) is 68.6 Å². The van der Waals surface area contributed by atoms with Crippen LogP contribution in [-0.4, -0.2) is 298 Å². The minimum absolute atomic E-state index is 0.0610. The van der Waals surface area contributed by atoms with Gasteiger partial charge in [-0.15, -0.1) is 0 Å². The molecule has 3 aliphatic rings. The molecule has 3 aliphatic heterocycles. The number of unbranched alkanes of at least 4 members (excludes halogenated alkanes) is 8. The number of carboxylic acid groups (broad SMARTS) is 6. The van der Waals surface area contributed by atoms with Gasteiger partial charge in [0, 0.05) is 129 Å². The van der Waals surface area contributed by atoms with Gasteiger partial charge in [-0.05, 0) is 88.7 Å². The van der Waals surface area contributed by atoms with Crippen LogP contribution in [0.15, 0.2) is 24.3 Å². The normalized spacial score (nSPS) is 17.8. The van der Waals surface area contributed by atoms with Crippen LogP contribution in [0.3, 0.4) is 0 Å². The average molecular weight is 1280 g/mol. The number of carbonyl (C=O) groups excluding carboxylic acids is 3. The molecule has 12 N–H and O–H groups in total. The smallest absolute Gasteiger partial charge is 0.326 e. The number of anilines is 4. The topological polar surface area (TPSA) is 414 Å². The molecule has 508 valence electrons. The monoisotopic (exact) mass is 1280 g/mol. The fraction of sp³-hybridized carbons (Fsp3) is 0.700. The Morgan fingerprint density at radius 3 is 1.56 bits per heavy atom. The van der Waals surface area contributed by atoms with Crippen molar-refractivity contribution in [2.75, 3.05) is 166 Å². The summed E-state index contributed by atoms with van der Waals surface area (Å²) in [6.45, 7) is 9.27. The maximum absolute atomic E-state index is 12.4. The van der Waals surface area contributed by atoms with Crippen LogP contribution in [0.1, 0.15) is 102 Å². The Morgan fingerprint density at radius 2 is 1.03 bits per heavy atom. The third-order valence-electron chi connectivity index (χ3n) is 16.5. The molecule has 3 fully saturated rings. The molecule has 3 atom stereocenters. The molecule has 5 rings (SSSR count). The van der Waals surface area contributed by atoms with Crippen LogP contribution in [0.5, 0.6) is 0 Å². The van der Waals surface area contributed by atoms with Gasteiger partial charge < -0.3 is 72.2 Å². The fourth-order valence-electron chi connectivity index (χ4n) is 11.4. The maximum atomic E-state index is 12.4. The van der Waals surface area contributed by atoms with Crippen LogP contribution in [0.4, 0.5) is 28.3 Å². The molecule has 0 saturated carbocycles. The van der Waals surface area contributed by atoms with Crippen molar-refractivity contribution in [1.82, 2.24) is 60.3 Å². The molecule has 91 heavy (non-hydrogen) atoms. The first-order valence-electron chi connectivity index (χ1n) is 32.0. The van der Waals surface area contributed by atoms with Crippen LogP contribution < -0.4 is 36.8 Å². The number of urea groups is 1. The highest BCUT2D eigenvalue weighted by atomic mass is 16.4. The van der Waals surface area contributed by atoms with Crippen LogP contribution in [0.25, 0.3) is 0 Å². The van der Waals surface area contributed by atoms with Crippen molar-refractivity contribution in [3.05, 3.63) is 29.8 Å². The maximum Gasteiger partial charge on any atom is 0.326 e. The van der Waals surface area contributed by atoms with E-state index in [2.05, 4.69) is 40.9 Å². The fourth-order valence-corrected chi connectivity index (χ4v) is 11.4. The van der Waals surface area contributed by atoms with Gasteiger partial charge in [0.15, 0.2) is 0 Å². The third kappa shape index (κ3) is 30.1. The van der Waals surface area contributed by atoms with E-state index in [9.17, 15) is 68.7 Å². The first-order valence-corrected chi connectivity index (χ1v) is 32.0. The molecule has 3 amide bonds. The summed E-state index contributed by atoms with van der Waals surface area (Å²) in [5, 5.41) is 68.5. The van der Waals surface area contributed by atoms with Gasteiger partial charge in [-0.3, -0.25) is 58.2 Å². The summed E-state index contributed by atoms with van der Waals surface area (Å²) in [5.74, 6) is -5.19. The highest BCUT2D eigenvalue weighted by Gasteiger charge is 2.29. The lowest BCUT2D eigenvalue weighted by Gasteiger charge is -2.37. The number of nitrogens with zero attached hydrogens (tertiary/aromatic N) is 11. The number of carbonyl (C=O) groups is 9. The second-order valence-corrected chi connectivity index (χ2v) is 23.7. The molecule has 31 nitrogen and oxygen atoms in total. The number of rotatable bonds is 40. The molecule has 1 aromatic heterocycles. The van der Waals surface area contributed by atoms with E-state index < -0.39 is 60.0 Å². The summed E-state index contributed by atoms with van der Waals surface area (Å²) in [7, 11) is 0. The SMILES string of the molecule is NCCCN1CCN(c2nc(Nc3ccc(CC4CN(CC(=O)O)CCN(CC(=O)O)CCN(CC(=O)O)CCN4CC(=O)O)cc3)nc(N3CCN(CCCCCCCCCCC(=O)NCCCC[C@H](NC(=O)N[C@H](C=O)CCC(=O)O)C(=O)O)CC3)n2)CC1. The summed E-state index contributed by atoms with van der Waals surface area (Å²) in [4.78, 5) is 137. The first-order chi connectivity index (χ1) is 43.7. The van der Waals surface area contributed by atoms with Crippen molar-refractivity contribution in [2.24, 2.45) is 5.73 Å². The van der Waals surface area contributed by atoms with Crippen LogP contribution in [0, 0.1) is 0 Å². The molecule has 3 saturated heterocycles. The summed E-state index contributed by atoms with van der Waals surface area (Å²) in [6, 6.07) is 3.94. The molecule has 31 heteroatoms.